The molecule has 0 spiro atoms. The SMILES string of the molecule is Clc1cc(-c2ccc3ncccc3c2)nc(Cl)n1. The quantitative estimate of drug-likeness (QED) is 0.498. The molecule has 0 bridgehead atoms. The molecule has 18 heavy (non-hydrogen) atoms. The van der Waals surface area contributed by atoms with E-state index in [4.69, 9.17) is 23.2 Å². The van der Waals surface area contributed by atoms with Crippen LogP contribution in [0.5, 0.6) is 0 Å². The lowest BCUT2D eigenvalue weighted by molar-refractivity contribution is 1.17. The van der Waals surface area contributed by atoms with Crippen LogP contribution in [0.4, 0.5) is 0 Å². The number of aromatic nitrogens is 3. The molecule has 3 aromatic rings. The summed E-state index contributed by atoms with van der Waals surface area (Å²) in [6.45, 7) is 0. The summed E-state index contributed by atoms with van der Waals surface area (Å²) in [6, 6.07) is 11.4. The first-order valence-electron chi connectivity index (χ1n) is 5.27. The predicted octanol–water partition coefficient (Wildman–Crippen LogP) is 4.00. The van der Waals surface area contributed by atoms with E-state index in [1.807, 2.05) is 30.3 Å². The van der Waals surface area contributed by atoms with Crippen LogP contribution in [-0.2, 0) is 0 Å². The Morgan fingerprint density at radius 2 is 1.83 bits per heavy atom. The third-order valence-electron chi connectivity index (χ3n) is 2.57. The van der Waals surface area contributed by atoms with Gasteiger partial charge in [-0.25, -0.2) is 9.97 Å². The van der Waals surface area contributed by atoms with Crippen molar-refractivity contribution >= 4 is 34.1 Å². The molecule has 0 fully saturated rings. The first-order chi connectivity index (χ1) is 8.72. The van der Waals surface area contributed by atoms with E-state index >= 15 is 0 Å². The Bertz CT molecular complexity index is 708. The van der Waals surface area contributed by atoms with Gasteiger partial charge in [-0.05, 0) is 29.8 Å². The molecule has 5 heteroatoms. The highest BCUT2D eigenvalue weighted by atomic mass is 35.5. The van der Waals surface area contributed by atoms with Gasteiger partial charge in [-0.1, -0.05) is 23.7 Å². The Morgan fingerprint density at radius 3 is 2.67 bits per heavy atom. The summed E-state index contributed by atoms with van der Waals surface area (Å²) < 4.78 is 0. The summed E-state index contributed by atoms with van der Waals surface area (Å²) >= 11 is 11.7. The highest BCUT2D eigenvalue weighted by molar-refractivity contribution is 6.32. The first-order valence-corrected chi connectivity index (χ1v) is 6.03. The number of benzene rings is 1. The van der Waals surface area contributed by atoms with E-state index in [2.05, 4.69) is 15.0 Å². The third-order valence-corrected chi connectivity index (χ3v) is 2.93. The van der Waals surface area contributed by atoms with Crippen LogP contribution in [0.1, 0.15) is 0 Å². The smallest absolute Gasteiger partial charge is 0.224 e. The van der Waals surface area contributed by atoms with E-state index < -0.39 is 0 Å². The Labute approximate surface area is 113 Å². The maximum atomic E-state index is 5.87. The number of hydrogen-bond acceptors (Lipinski definition) is 3. The van der Waals surface area contributed by atoms with E-state index in [-0.39, 0.29) is 5.28 Å². The number of hydrogen-bond donors (Lipinski definition) is 0. The van der Waals surface area contributed by atoms with Gasteiger partial charge in [0, 0.05) is 23.2 Å². The standard InChI is InChI=1S/C13H7Cl2N3/c14-12-7-11(17-13(15)18-12)9-3-4-10-8(6-9)2-1-5-16-10/h1-7H. The van der Waals surface area contributed by atoms with Gasteiger partial charge in [-0.3, -0.25) is 4.98 Å². The summed E-state index contributed by atoms with van der Waals surface area (Å²) in [5.74, 6) is 0. The summed E-state index contributed by atoms with van der Waals surface area (Å²) in [4.78, 5) is 12.3. The van der Waals surface area contributed by atoms with E-state index in [9.17, 15) is 0 Å². The average molecular weight is 276 g/mol. The van der Waals surface area contributed by atoms with Crippen molar-refractivity contribution in [2.75, 3.05) is 0 Å². The van der Waals surface area contributed by atoms with Crippen molar-refractivity contribution in [3.8, 4) is 11.3 Å². The maximum Gasteiger partial charge on any atom is 0.224 e. The number of fused-ring (bicyclic) bond motifs is 1. The van der Waals surface area contributed by atoms with Crippen molar-refractivity contribution in [3.63, 3.8) is 0 Å². The van der Waals surface area contributed by atoms with Gasteiger partial charge in [-0.15, -0.1) is 0 Å². The average Bonchev–Trinajstić information content (AvgIpc) is 2.37. The van der Waals surface area contributed by atoms with Gasteiger partial charge in [-0.2, -0.15) is 0 Å². The van der Waals surface area contributed by atoms with Crippen molar-refractivity contribution in [1.29, 1.82) is 0 Å². The molecule has 0 aliphatic heterocycles. The minimum Gasteiger partial charge on any atom is -0.256 e. The summed E-state index contributed by atoms with van der Waals surface area (Å²) in [6.07, 6.45) is 1.76. The largest absolute Gasteiger partial charge is 0.256 e. The van der Waals surface area contributed by atoms with Gasteiger partial charge in [0.05, 0.1) is 11.2 Å². The molecule has 3 rings (SSSR count). The van der Waals surface area contributed by atoms with Gasteiger partial charge < -0.3 is 0 Å². The molecule has 0 N–H and O–H groups in total. The normalized spacial score (nSPS) is 10.8. The predicted molar refractivity (Wildman–Crippen MR) is 72.8 cm³/mol. The molecular formula is C13H7Cl2N3. The monoisotopic (exact) mass is 275 g/mol. The van der Waals surface area contributed by atoms with Gasteiger partial charge in [0.25, 0.3) is 0 Å². The molecule has 0 radical (unpaired) electrons. The maximum absolute atomic E-state index is 5.87. The van der Waals surface area contributed by atoms with Crippen molar-refractivity contribution in [3.05, 3.63) is 53.0 Å². The first kappa shape index (κ1) is 11.4. The minimum absolute atomic E-state index is 0.142. The molecule has 88 valence electrons. The molecule has 1 aromatic carbocycles. The fourth-order valence-electron chi connectivity index (χ4n) is 1.77. The summed E-state index contributed by atoms with van der Waals surface area (Å²) in [5, 5.41) is 1.51. The van der Waals surface area contributed by atoms with E-state index in [1.54, 1.807) is 12.3 Å². The lowest BCUT2D eigenvalue weighted by atomic mass is 10.1. The lowest BCUT2D eigenvalue weighted by Gasteiger charge is -2.03. The van der Waals surface area contributed by atoms with Crippen molar-refractivity contribution in [1.82, 2.24) is 15.0 Å². The van der Waals surface area contributed by atoms with Gasteiger partial charge >= 0.3 is 0 Å². The zero-order valence-corrected chi connectivity index (χ0v) is 10.7. The van der Waals surface area contributed by atoms with Crippen LogP contribution in [0, 0.1) is 0 Å². The van der Waals surface area contributed by atoms with Crippen LogP contribution >= 0.6 is 23.2 Å². The molecule has 0 saturated carbocycles. The Morgan fingerprint density at radius 1 is 0.944 bits per heavy atom. The van der Waals surface area contributed by atoms with Crippen LogP contribution in [0.2, 0.25) is 10.4 Å². The second kappa shape index (κ2) is 4.52. The zero-order valence-electron chi connectivity index (χ0n) is 9.14. The topological polar surface area (TPSA) is 38.7 Å². The molecule has 0 unspecified atom stereocenters. The zero-order chi connectivity index (χ0) is 12.5. The number of pyridine rings is 1. The second-order valence-electron chi connectivity index (χ2n) is 3.76. The second-order valence-corrected chi connectivity index (χ2v) is 4.48. The molecule has 3 nitrogen and oxygen atoms in total. The Hall–Kier alpha value is -1.71. The van der Waals surface area contributed by atoms with Crippen molar-refractivity contribution in [2.24, 2.45) is 0 Å². The van der Waals surface area contributed by atoms with Crippen LogP contribution in [0.15, 0.2) is 42.6 Å². The highest BCUT2D eigenvalue weighted by Gasteiger charge is 2.05. The van der Waals surface area contributed by atoms with E-state index in [0.717, 1.165) is 16.5 Å². The van der Waals surface area contributed by atoms with Crippen LogP contribution < -0.4 is 0 Å². The van der Waals surface area contributed by atoms with Crippen LogP contribution in [-0.4, -0.2) is 15.0 Å². The molecule has 0 aliphatic rings. The summed E-state index contributed by atoms with van der Waals surface area (Å²) in [5.41, 5.74) is 2.57. The molecule has 0 atom stereocenters. The Kier molecular flexibility index (Phi) is 2.86. The molecular weight excluding hydrogens is 269 g/mol. The number of rotatable bonds is 1. The third kappa shape index (κ3) is 2.15. The Balaban J connectivity index is 2.19. The van der Waals surface area contributed by atoms with Gasteiger partial charge in [0.2, 0.25) is 5.28 Å². The molecule has 0 saturated heterocycles. The van der Waals surface area contributed by atoms with Crippen molar-refractivity contribution in [2.45, 2.75) is 0 Å². The number of nitrogens with zero attached hydrogens (tertiary/aromatic N) is 3. The van der Waals surface area contributed by atoms with E-state index in [0.29, 0.717) is 10.8 Å². The van der Waals surface area contributed by atoms with Gasteiger partial charge in [0.1, 0.15) is 5.15 Å². The van der Waals surface area contributed by atoms with Crippen molar-refractivity contribution < 1.29 is 0 Å². The molecule has 2 aromatic heterocycles. The lowest BCUT2D eigenvalue weighted by Crippen LogP contribution is -1.88. The number of halogens is 2. The van der Waals surface area contributed by atoms with Crippen LogP contribution in [0.25, 0.3) is 22.2 Å². The minimum atomic E-state index is 0.142. The molecule has 0 aliphatic carbocycles. The fourth-order valence-corrected chi connectivity index (χ4v) is 2.18. The van der Waals surface area contributed by atoms with E-state index in [1.165, 1.54) is 0 Å². The highest BCUT2D eigenvalue weighted by Crippen LogP contribution is 2.24. The van der Waals surface area contributed by atoms with Crippen LogP contribution in [0.3, 0.4) is 0 Å². The fraction of sp³-hybridized carbons (Fsp3) is 0. The summed E-state index contributed by atoms with van der Waals surface area (Å²) in [7, 11) is 0. The molecule has 2 heterocycles. The van der Waals surface area contributed by atoms with Gasteiger partial charge in [0.15, 0.2) is 0 Å². The molecule has 0 amide bonds.